The van der Waals surface area contributed by atoms with E-state index in [-0.39, 0.29) is 41.5 Å². The van der Waals surface area contributed by atoms with Crippen LogP contribution in [0, 0.1) is 11.3 Å². The number of aromatic nitrogens is 1. The van der Waals surface area contributed by atoms with Gasteiger partial charge in [-0.3, -0.25) is 48.8 Å². The summed E-state index contributed by atoms with van der Waals surface area (Å²) in [6.45, 7) is 4.59. The number of piperidine rings is 3. The van der Waals surface area contributed by atoms with E-state index in [4.69, 9.17) is 0 Å². The smallest absolute Gasteiger partial charge is 0.264 e. The molecule has 4 saturated heterocycles. The Balaban J connectivity index is 0.757. The molecule has 1 aromatic heterocycles. The summed E-state index contributed by atoms with van der Waals surface area (Å²) < 4.78 is 0. The SMILES string of the molecule is O=C(/C=C/c1cccnc1)NCCCCC1CCN(C(=O)c2ccc(C(=O)N3CCC4(CC3)CN(c3cccc5c3C(=O)N(C3CCC(=O)NC3=O)C5=O)C4)cc2)CC1. The van der Waals surface area contributed by atoms with Crippen molar-refractivity contribution in [1.29, 1.82) is 0 Å². The number of benzene rings is 2. The average Bonchev–Trinajstić information content (AvgIpc) is 3.50. The molecule has 6 heterocycles. The molecule has 0 radical (unpaired) electrons. The second-order valence-electron chi connectivity index (χ2n) is 16.5. The Bertz CT molecular complexity index is 2170. The van der Waals surface area contributed by atoms with Gasteiger partial charge in [0.05, 0.1) is 16.8 Å². The number of anilines is 1. The van der Waals surface area contributed by atoms with Gasteiger partial charge in [0.15, 0.2) is 0 Å². The number of nitrogens with zero attached hydrogens (tertiary/aromatic N) is 5. The van der Waals surface area contributed by atoms with Crippen LogP contribution in [-0.2, 0) is 14.4 Å². The van der Waals surface area contributed by atoms with Crippen LogP contribution in [0.2, 0.25) is 0 Å². The number of carbonyl (C=O) groups excluding carboxylic acids is 7. The van der Waals surface area contributed by atoms with Gasteiger partial charge in [0.2, 0.25) is 17.7 Å². The maximum absolute atomic E-state index is 13.6. The van der Waals surface area contributed by atoms with Gasteiger partial charge in [-0.05, 0) is 98.5 Å². The minimum absolute atomic E-state index is 0.0160. The number of hydrogen-bond donors (Lipinski definition) is 2. The number of unbranched alkanes of at least 4 members (excludes halogenated alkanes) is 1. The number of amides is 7. The molecule has 5 aliphatic rings. The number of nitrogens with one attached hydrogen (secondary N) is 2. The standard InChI is InChI=1S/C45H49N7O7/c53-37(15-9-31-6-4-21-46-27-31)47-22-2-1-5-30-17-23-49(24-18-30)41(56)32-10-12-33(13-11-32)42(57)50-25-19-45(20-26-50)28-51(29-45)35-8-3-7-34-39(35)44(59)52(43(34)58)36-14-16-38(54)48-40(36)55/h3-4,6-13,15,21,27,30,36H,1-2,5,14,16-20,22-26,28-29H2,(H,47,53)(H,48,54,55)/b15-9+. The molecule has 306 valence electrons. The summed E-state index contributed by atoms with van der Waals surface area (Å²) in [6, 6.07) is 14.9. The summed E-state index contributed by atoms with van der Waals surface area (Å²) in [7, 11) is 0. The zero-order chi connectivity index (χ0) is 41.1. The second-order valence-corrected chi connectivity index (χ2v) is 16.5. The Morgan fingerprint density at radius 1 is 0.814 bits per heavy atom. The van der Waals surface area contributed by atoms with E-state index >= 15 is 0 Å². The summed E-state index contributed by atoms with van der Waals surface area (Å²) in [5, 5.41) is 5.18. The van der Waals surface area contributed by atoms with E-state index in [0.29, 0.717) is 74.1 Å². The lowest BCUT2D eigenvalue weighted by molar-refractivity contribution is -0.136. The van der Waals surface area contributed by atoms with E-state index in [2.05, 4.69) is 20.5 Å². The first-order valence-electron chi connectivity index (χ1n) is 20.7. The van der Waals surface area contributed by atoms with Crippen LogP contribution in [0.1, 0.15) is 105 Å². The van der Waals surface area contributed by atoms with Crippen LogP contribution >= 0.6 is 0 Å². The van der Waals surface area contributed by atoms with Gasteiger partial charge >= 0.3 is 0 Å². The topological polar surface area (TPSA) is 169 Å². The quantitative estimate of drug-likeness (QED) is 0.165. The number of likely N-dealkylation sites (tertiary alicyclic amines) is 2. The van der Waals surface area contributed by atoms with Crippen LogP contribution in [0.15, 0.2) is 73.1 Å². The molecule has 5 aliphatic heterocycles. The van der Waals surface area contributed by atoms with E-state index in [0.717, 1.165) is 55.4 Å². The molecule has 2 N–H and O–H groups in total. The molecule has 1 unspecified atom stereocenters. The molecule has 0 aliphatic carbocycles. The highest BCUT2D eigenvalue weighted by molar-refractivity contribution is 6.25. The normalized spacial score (nSPS) is 20.5. The molecular formula is C45H49N7O7. The first-order chi connectivity index (χ1) is 28.6. The Morgan fingerprint density at radius 3 is 2.17 bits per heavy atom. The average molecular weight is 800 g/mol. The van der Waals surface area contributed by atoms with Crippen LogP contribution < -0.4 is 15.5 Å². The summed E-state index contributed by atoms with van der Waals surface area (Å²) in [5.74, 6) is -1.71. The molecule has 14 nitrogen and oxygen atoms in total. The van der Waals surface area contributed by atoms with Crippen LogP contribution in [0.4, 0.5) is 5.69 Å². The summed E-state index contributed by atoms with van der Waals surface area (Å²) in [4.78, 5) is 101. The first-order valence-corrected chi connectivity index (χ1v) is 20.7. The van der Waals surface area contributed by atoms with Gasteiger partial charge in [-0.1, -0.05) is 25.0 Å². The number of hydrogen-bond acceptors (Lipinski definition) is 9. The Kier molecular flexibility index (Phi) is 11.4. The van der Waals surface area contributed by atoms with Crippen molar-refractivity contribution in [2.75, 3.05) is 50.7 Å². The monoisotopic (exact) mass is 799 g/mol. The van der Waals surface area contributed by atoms with Crippen molar-refractivity contribution < 1.29 is 33.6 Å². The molecule has 0 saturated carbocycles. The molecule has 7 amide bonds. The number of pyridine rings is 1. The lowest BCUT2D eigenvalue weighted by atomic mass is 9.71. The van der Waals surface area contributed by atoms with Gasteiger partial charge in [0, 0.05) is 87.2 Å². The van der Waals surface area contributed by atoms with Crippen molar-refractivity contribution in [2.24, 2.45) is 11.3 Å². The van der Waals surface area contributed by atoms with Crippen molar-refractivity contribution >= 4 is 53.1 Å². The van der Waals surface area contributed by atoms with E-state index in [1.54, 1.807) is 54.9 Å². The van der Waals surface area contributed by atoms with Crippen molar-refractivity contribution in [3.8, 4) is 0 Å². The number of imide groups is 2. The van der Waals surface area contributed by atoms with Crippen molar-refractivity contribution in [1.82, 2.24) is 30.3 Å². The summed E-state index contributed by atoms with van der Waals surface area (Å²) in [6.07, 6.45) is 13.4. The zero-order valence-electron chi connectivity index (χ0n) is 33.1. The fourth-order valence-electron chi connectivity index (χ4n) is 9.22. The van der Waals surface area contributed by atoms with Crippen LogP contribution in [-0.4, -0.2) is 113 Å². The van der Waals surface area contributed by atoms with Gasteiger partial charge in [-0.15, -0.1) is 0 Å². The highest BCUT2D eigenvalue weighted by Crippen LogP contribution is 2.45. The third kappa shape index (κ3) is 8.39. The van der Waals surface area contributed by atoms with Crippen molar-refractivity contribution in [3.63, 3.8) is 0 Å². The summed E-state index contributed by atoms with van der Waals surface area (Å²) in [5.41, 5.74) is 3.23. The van der Waals surface area contributed by atoms with Gasteiger partial charge in [-0.25, -0.2) is 0 Å². The molecule has 8 rings (SSSR count). The lowest BCUT2D eigenvalue weighted by Crippen LogP contribution is -2.61. The third-order valence-corrected chi connectivity index (χ3v) is 12.7. The van der Waals surface area contributed by atoms with Gasteiger partial charge < -0.3 is 20.0 Å². The van der Waals surface area contributed by atoms with Gasteiger partial charge in [0.25, 0.3) is 23.6 Å². The molecule has 3 aromatic rings. The second kappa shape index (κ2) is 17.0. The Hall–Kier alpha value is -6.18. The minimum Gasteiger partial charge on any atom is -0.370 e. The van der Waals surface area contributed by atoms with E-state index in [9.17, 15) is 33.6 Å². The highest BCUT2D eigenvalue weighted by atomic mass is 16.2. The number of rotatable bonds is 11. The molecule has 4 fully saturated rings. The van der Waals surface area contributed by atoms with Gasteiger partial charge in [-0.2, -0.15) is 0 Å². The van der Waals surface area contributed by atoms with Crippen molar-refractivity contribution in [2.45, 2.75) is 63.8 Å². The lowest BCUT2D eigenvalue weighted by Gasteiger charge is -2.55. The van der Waals surface area contributed by atoms with Gasteiger partial charge in [0.1, 0.15) is 6.04 Å². The number of fused-ring (bicyclic) bond motifs is 1. The molecule has 0 bridgehead atoms. The fraction of sp³-hybridized carbons (Fsp3) is 0.422. The van der Waals surface area contributed by atoms with E-state index < -0.39 is 29.7 Å². The van der Waals surface area contributed by atoms with Crippen molar-refractivity contribution in [3.05, 3.63) is 101 Å². The molecule has 14 heteroatoms. The Morgan fingerprint density at radius 2 is 1.51 bits per heavy atom. The molecular weight excluding hydrogens is 751 g/mol. The maximum atomic E-state index is 13.6. The number of carbonyl (C=O) groups is 7. The summed E-state index contributed by atoms with van der Waals surface area (Å²) >= 11 is 0. The molecule has 1 spiro atoms. The van der Waals surface area contributed by atoms with Crippen LogP contribution in [0.3, 0.4) is 0 Å². The Labute approximate surface area is 343 Å². The van der Waals surface area contributed by atoms with Crippen LogP contribution in [0.25, 0.3) is 6.08 Å². The zero-order valence-corrected chi connectivity index (χ0v) is 33.1. The van der Waals surface area contributed by atoms with E-state index in [1.807, 2.05) is 28.0 Å². The molecule has 2 aromatic carbocycles. The minimum atomic E-state index is -1.01. The fourth-order valence-corrected chi connectivity index (χ4v) is 9.22. The van der Waals surface area contributed by atoms with Crippen LogP contribution in [0.5, 0.6) is 0 Å². The maximum Gasteiger partial charge on any atom is 0.264 e. The molecule has 1 atom stereocenters. The predicted octanol–water partition coefficient (Wildman–Crippen LogP) is 4.08. The van der Waals surface area contributed by atoms with E-state index in [1.165, 1.54) is 6.08 Å². The highest BCUT2D eigenvalue weighted by Gasteiger charge is 2.50. The molecule has 59 heavy (non-hydrogen) atoms. The largest absolute Gasteiger partial charge is 0.370 e. The first kappa shape index (κ1) is 39.6. The predicted molar refractivity (Wildman–Crippen MR) is 218 cm³/mol. The third-order valence-electron chi connectivity index (χ3n) is 12.7.